The first-order chi connectivity index (χ1) is 12.1. The molecule has 2 fully saturated rings. The first kappa shape index (κ1) is 18.3. The van der Waals surface area contributed by atoms with E-state index >= 15 is 0 Å². The van der Waals surface area contributed by atoms with Crippen LogP contribution in [0.5, 0.6) is 0 Å². The topological polar surface area (TPSA) is 84.9 Å². The Kier molecular flexibility index (Phi) is 6.06. The van der Waals surface area contributed by atoms with Crippen LogP contribution >= 0.6 is 0 Å². The van der Waals surface area contributed by atoms with Crippen molar-refractivity contribution in [2.45, 2.75) is 43.3 Å². The molecule has 1 aromatic carbocycles. The molecule has 0 bridgehead atoms. The van der Waals surface area contributed by atoms with Gasteiger partial charge in [0, 0.05) is 31.6 Å². The Morgan fingerprint density at radius 1 is 1.08 bits per heavy atom. The minimum Gasteiger partial charge on any atom is -0.353 e. The lowest BCUT2D eigenvalue weighted by Gasteiger charge is -2.26. The van der Waals surface area contributed by atoms with Gasteiger partial charge in [0.2, 0.25) is 15.9 Å². The number of sulfonamides is 1. The molecule has 2 aliphatic rings. The molecule has 1 aromatic rings. The minimum atomic E-state index is -3.59. The highest BCUT2D eigenvalue weighted by Gasteiger charge is 2.21. The number of hydrogen-bond acceptors (Lipinski definition) is 5. The standard InChI is InChI=1S/C17H24N2O5S/c20-16-4-1-2-11-19(16)14-5-7-15(8-6-14)25(21,22)18-10-9-17-23-12-3-13-24-17/h5-8,17-18H,1-4,9-13H2. The third-order valence-electron chi connectivity index (χ3n) is 4.35. The van der Waals surface area contributed by atoms with E-state index in [9.17, 15) is 13.2 Å². The van der Waals surface area contributed by atoms with Gasteiger partial charge in [0.15, 0.2) is 6.29 Å². The van der Waals surface area contributed by atoms with E-state index in [1.165, 1.54) is 12.1 Å². The van der Waals surface area contributed by atoms with E-state index in [4.69, 9.17) is 9.47 Å². The second-order valence-corrected chi connectivity index (χ2v) is 7.97. The van der Waals surface area contributed by atoms with Gasteiger partial charge in [-0.25, -0.2) is 13.1 Å². The van der Waals surface area contributed by atoms with Gasteiger partial charge in [0.1, 0.15) is 0 Å². The molecule has 138 valence electrons. The smallest absolute Gasteiger partial charge is 0.240 e. The molecule has 2 saturated heterocycles. The van der Waals surface area contributed by atoms with Gasteiger partial charge in [-0.15, -0.1) is 0 Å². The summed E-state index contributed by atoms with van der Waals surface area (Å²) < 4.78 is 38.1. The number of nitrogens with one attached hydrogen (secondary N) is 1. The SMILES string of the molecule is O=C1CCCCN1c1ccc(S(=O)(=O)NCCC2OCCCO2)cc1. The number of nitrogens with zero attached hydrogens (tertiary/aromatic N) is 1. The van der Waals surface area contributed by atoms with Crippen LogP contribution in [-0.2, 0) is 24.3 Å². The zero-order valence-corrected chi connectivity index (χ0v) is 15.0. The van der Waals surface area contributed by atoms with Crippen LogP contribution in [0.1, 0.15) is 32.1 Å². The number of piperidine rings is 1. The Balaban J connectivity index is 1.57. The van der Waals surface area contributed by atoms with Crippen LogP contribution in [0, 0.1) is 0 Å². The maximum atomic E-state index is 12.4. The number of benzene rings is 1. The molecule has 1 N–H and O–H groups in total. The highest BCUT2D eigenvalue weighted by Crippen LogP contribution is 2.22. The van der Waals surface area contributed by atoms with Crippen molar-refractivity contribution in [3.8, 4) is 0 Å². The summed E-state index contributed by atoms with van der Waals surface area (Å²) in [6.07, 6.45) is 3.43. The van der Waals surface area contributed by atoms with Gasteiger partial charge in [-0.3, -0.25) is 4.79 Å². The number of carbonyl (C=O) groups excluding carboxylic acids is 1. The van der Waals surface area contributed by atoms with E-state index in [0.717, 1.165) is 24.9 Å². The summed E-state index contributed by atoms with van der Waals surface area (Å²) in [7, 11) is -3.59. The van der Waals surface area contributed by atoms with Crippen molar-refractivity contribution in [1.82, 2.24) is 4.72 Å². The number of rotatable bonds is 6. The van der Waals surface area contributed by atoms with Crippen molar-refractivity contribution in [1.29, 1.82) is 0 Å². The van der Waals surface area contributed by atoms with Gasteiger partial charge in [-0.2, -0.15) is 0 Å². The average Bonchev–Trinajstić information content (AvgIpc) is 2.63. The summed E-state index contributed by atoms with van der Waals surface area (Å²) in [4.78, 5) is 13.8. The first-order valence-electron chi connectivity index (χ1n) is 8.69. The van der Waals surface area contributed by atoms with Gasteiger partial charge >= 0.3 is 0 Å². The molecular formula is C17H24N2O5S. The lowest BCUT2D eigenvalue weighted by atomic mass is 10.1. The zero-order valence-electron chi connectivity index (χ0n) is 14.1. The van der Waals surface area contributed by atoms with Gasteiger partial charge in [0.25, 0.3) is 0 Å². The molecule has 2 heterocycles. The maximum absolute atomic E-state index is 12.4. The lowest BCUT2D eigenvalue weighted by Crippen LogP contribution is -2.35. The minimum absolute atomic E-state index is 0.0902. The molecule has 0 spiro atoms. The van der Waals surface area contributed by atoms with Crippen LogP contribution in [0.3, 0.4) is 0 Å². The Labute approximate surface area is 148 Å². The van der Waals surface area contributed by atoms with Crippen LogP contribution < -0.4 is 9.62 Å². The van der Waals surface area contributed by atoms with Crippen LogP contribution in [0.25, 0.3) is 0 Å². The quantitative estimate of drug-likeness (QED) is 0.825. The third-order valence-corrected chi connectivity index (χ3v) is 5.83. The molecule has 0 aliphatic carbocycles. The van der Waals surface area contributed by atoms with Crippen LogP contribution in [0.4, 0.5) is 5.69 Å². The molecule has 7 nitrogen and oxygen atoms in total. The zero-order chi connectivity index (χ0) is 17.7. The van der Waals surface area contributed by atoms with Gasteiger partial charge in [-0.1, -0.05) is 0 Å². The summed E-state index contributed by atoms with van der Waals surface area (Å²) in [5.41, 5.74) is 0.743. The number of amides is 1. The van der Waals surface area contributed by atoms with Gasteiger partial charge in [0.05, 0.1) is 18.1 Å². The molecule has 1 amide bonds. The molecular weight excluding hydrogens is 344 g/mol. The number of anilines is 1. The molecule has 25 heavy (non-hydrogen) atoms. The van der Waals surface area contributed by atoms with E-state index in [1.54, 1.807) is 17.0 Å². The van der Waals surface area contributed by atoms with Crippen molar-refractivity contribution in [2.24, 2.45) is 0 Å². The average molecular weight is 368 g/mol. The van der Waals surface area contributed by atoms with Crippen molar-refractivity contribution in [3.05, 3.63) is 24.3 Å². The summed E-state index contributed by atoms with van der Waals surface area (Å²) in [6.45, 7) is 2.23. The molecule has 0 saturated carbocycles. The normalized spacial score (nSPS) is 20.0. The van der Waals surface area contributed by atoms with Crippen LogP contribution in [0.2, 0.25) is 0 Å². The van der Waals surface area contributed by atoms with Crippen LogP contribution in [0.15, 0.2) is 29.2 Å². The Morgan fingerprint density at radius 3 is 2.48 bits per heavy atom. The molecule has 0 atom stereocenters. The van der Waals surface area contributed by atoms with E-state index in [1.807, 2.05) is 0 Å². The Bertz CT molecular complexity index is 683. The van der Waals surface area contributed by atoms with Crippen molar-refractivity contribution in [2.75, 3.05) is 31.2 Å². The molecule has 2 aliphatic heterocycles. The molecule has 3 rings (SSSR count). The molecule has 0 aromatic heterocycles. The summed E-state index contributed by atoms with van der Waals surface area (Å²) in [5, 5.41) is 0. The van der Waals surface area contributed by atoms with E-state index in [2.05, 4.69) is 4.72 Å². The largest absolute Gasteiger partial charge is 0.353 e. The summed E-state index contributed by atoms with van der Waals surface area (Å²) >= 11 is 0. The van der Waals surface area contributed by atoms with Crippen molar-refractivity contribution in [3.63, 3.8) is 0 Å². The van der Waals surface area contributed by atoms with Gasteiger partial charge < -0.3 is 14.4 Å². The highest BCUT2D eigenvalue weighted by molar-refractivity contribution is 7.89. The number of hydrogen-bond donors (Lipinski definition) is 1. The van der Waals surface area contributed by atoms with Crippen molar-refractivity contribution < 1.29 is 22.7 Å². The highest BCUT2D eigenvalue weighted by atomic mass is 32.2. The van der Waals surface area contributed by atoms with E-state index < -0.39 is 10.0 Å². The second-order valence-electron chi connectivity index (χ2n) is 6.21. The molecule has 0 unspecified atom stereocenters. The van der Waals surface area contributed by atoms with Crippen molar-refractivity contribution >= 4 is 21.6 Å². The Hall–Kier alpha value is -1.48. The lowest BCUT2D eigenvalue weighted by molar-refractivity contribution is -0.180. The second kappa shape index (κ2) is 8.27. The fourth-order valence-corrected chi connectivity index (χ4v) is 4.03. The van der Waals surface area contributed by atoms with E-state index in [-0.39, 0.29) is 23.6 Å². The number of ether oxygens (including phenoxy) is 2. The predicted octanol–water partition coefficient (Wildman–Crippen LogP) is 1.63. The predicted molar refractivity (Wildman–Crippen MR) is 92.8 cm³/mol. The van der Waals surface area contributed by atoms with Gasteiger partial charge in [-0.05, 0) is 43.5 Å². The monoisotopic (exact) mass is 368 g/mol. The third kappa shape index (κ3) is 4.78. The fourth-order valence-electron chi connectivity index (χ4n) is 2.98. The summed E-state index contributed by atoms with van der Waals surface area (Å²) in [5.74, 6) is 0.0902. The Morgan fingerprint density at radius 2 is 1.80 bits per heavy atom. The first-order valence-corrected chi connectivity index (χ1v) is 10.2. The number of carbonyl (C=O) groups is 1. The van der Waals surface area contributed by atoms with Crippen LogP contribution in [-0.4, -0.2) is 46.9 Å². The fraction of sp³-hybridized carbons (Fsp3) is 0.588. The van der Waals surface area contributed by atoms with E-state index in [0.29, 0.717) is 32.6 Å². The maximum Gasteiger partial charge on any atom is 0.240 e. The molecule has 0 radical (unpaired) electrons. The molecule has 8 heteroatoms. The summed E-state index contributed by atoms with van der Waals surface area (Å²) in [6, 6.07) is 6.44.